The Bertz CT molecular complexity index is 669. The van der Waals surface area contributed by atoms with Crippen molar-refractivity contribution in [2.75, 3.05) is 23.8 Å². The fourth-order valence-electron chi connectivity index (χ4n) is 3.42. The zero-order valence-corrected chi connectivity index (χ0v) is 16.4. The van der Waals surface area contributed by atoms with Crippen molar-refractivity contribution in [2.24, 2.45) is 11.8 Å². The number of nitrogens with zero attached hydrogens (tertiary/aromatic N) is 3. The molecule has 156 valence electrons. The highest BCUT2D eigenvalue weighted by Crippen LogP contribution is 2.30. The second-order valence-corrected chi connectivity index (χ2v) is 6.96. The van der Waals surface area contributed by atoms with Crippen LogP contribution in [0.25, 0.3) is 0 Å². The molecular weight excluding hydrogens is 367 g/mol. The first kappa shape index (κ1) is 21.8. The van der Waals surface area contributed by atoms with E-state index in [9.17, 15) is 19.2 Å². The molecule has 0 unspecified atom stereocenters. The van der Waals surface area contributed by atoms with Crippen molar-refractivity contribution in [3.63, 3.8) is 0 Å². The minimum absolute atomic E-state index is 0.0658. The zero-order chi connectivity index (χ0) is 20.5. The van der Waals surface area contributed by atoms with E-state index in [1.54, 1.807) is 0 Å². The number of nitrogens with one attached hydrogen (secondary N) is 3. The number of hydrazine groups is 1. The molecule has 0 aliphatic heterocycles. The molecular formula is C18H29FN6O3. The van der Waals surface area contributed by atoms with Gasteiger partial charge in [0, 0.05) is 13.0 Å². The van der Waals surface area contributed by atoms with Crippen LogP contribution in [0.2, 0.25) is 0 Å². The number of rotatable bonds is 11. The van der Waals surface area contributed by atoms with Gasteiger partial charge >= 0.3 is 0 Å². The van der Waals surface area contributed by atoms with Crippen LogP contribution in [0.3, 0.4) is 0 Å². The lowest BCUT2D eigenvalue weighted by Crippen LogP contribution is -2.41. The maximum Gasteiger partial charge on any atom is 0.243 e. The van der Waals surface area contributed by atoms with Gasteiger partial charge in [-0.15, -0.1) is 0 Å². The number of halogens is 1. The fraction of sp³-hybridized carbons (Fsp3) is 0.667. The molecule has 1 atom stereocenters. The smallest absolute Gasteiger partial charge is 0.243 e. The van der Waals surface area contributed by atoms with Crippen LogP contribution in [0, 0.1) is 17.7 Å². The fourth-order valence-corrected chi connectivity index (χ4v) is 3.42. The molecule has 0 aromatic carbocycles. The van der Waals surface area contributed by atoms with E-state index < -0.39 is 17.6 Å². The molecule has 0 spiro atoms. The first-order valence-corrected chi connectivity index (χ1v) is 9.75. The Hall–Kier alpha value is -2.49. The van der Waals surface area contributed by atoms with Crippen molar-refractivity contribution < 1.29 is 19.2 Å². The predicted octanol–water partition coefficient (Wildman–Crippen LogP) is 2.10. The van der Waals surface area contributed by atoms with Gasteiger partial charge in [-0.3, -0.25) is 25.6 Å². The number of anilines is 2. The third-order valence-electron chi connectivity index (χ3n) is 4.85. The average molecular weight is 396 g/mol. The Balaban J connectivity index is 2.07. The Morgan fingerprint density at radius 2 is 2.00 bits per heavy atom. The molecule has 1 fully saturated rings. The van der Waals surface area contributed by atoms with Crippen LogP contribution in [0.15, 0.2) is 0 Å². The lowest BCUT2D eigenvalue weighted by Gasteiger charge is -2.22. The van der Waals surface area contributed by atoms with Gasteiger partial charge in [0.25, 0.3) is 0 Å². The lowest BCUT2D eigenvalue weighted by molar-refractivity contribution is -0.154. The van der Waals surface area contributed by atoms with Crippen LogP contribution in [0.4, 0.5) is 16.0 Å². The van der Waals surface area contributed by atoms with E-state index in [2.05, 4.69) is 26.1 Å². The minimum atomic E-state index is -0.691. The molecule has 0 radical (unpaired) electrons. The lowest BCUT2D eigenvalue weighted by atomic mass is 9.92. The SMILES string of the molecule is CCNc1nc(CC)nc(NNC(=O)[C@@H](CC2CCCC2)CN(O)C=O)c1F. The van der Waals surface area contributed by atoms with Gasteiger partial charge in [0.15, 0.2) is 11.6 Å². The minimum Gasteiger partial charge on any atom is -0.368 e. The molecule has 1 aliphatic rings. The molecule has 0 saturated heterocycles. The maximum absolute atomic E-state index is 14.5. The molecule has 1 aromatic rings. The summed E-state index contributed by atoms with van der Waals surface area (Å²) in [5.74, 6) is -1.01. The van der Waals surface area contributed by atoms with E-state index in [1.807, 2.05) is 13.8 Å². The summed E-state index contributed by atoms with van der Waals surface area (Å²) in [5.41, 5.74) is 4.99. The molecule has 1 aliphatic carbocycles. The Labute approximate surface area is 164 Å². The number of aromatic nitrogens is 2. The topological polar surface area (TPSA) is 119 Å². The number of carbonyl (C=O) groups is 2. The summed E-state index contributed by atoms with van der Waals surface area (Å²) < 4.78 is 14.5. The van der Waals surface area contributed by atoms with Gasteiger partial charge in [0.05, 0.1) is 12.5 Å². The average Bonchev–Trinajstić information content (AvgIpc) is 3.20. The van der Waals surface area contributed by atoms with Crippen LogP contribution in [-0.4, -0.2) is 45.6 Å². The standard InChI is InChI=1S/C18H29FN6O3/c1-3-14-21-16(20-4-2)15(19)17(22-14)23-24-18(27)13(10-25(28)11-26)9-12-7-5-6-8-12/h11-13,28H,3-10H2,1-2H3,(H,24,27)(H2,20,21,22,23)/t13-/m0/s1. The monoisotopic (exact) mass is 396 g/mol. The van der Waals surface area contributed by atoms with E-state index in [0.717, 1.165) is 25.7 Å². The molecule has 2 amide bonds. The van der Waals surface area contributed by atoms with E-state index >= 15 is 0 Å². The normalized spacial score (nSPS) is 15.1. The van der Waals surface area contributed by atoms with Gasteiger partial charge in [-0.25, -0.2) is 15.0 Å². The van der Waals surface area contributed by atoms with Crippen LogP contribution >= 0.6 is 0 Å². The Morgan fingerprint density at radius 1 is 1.32 bits per heavy atom. The third kappa shape index (κ3) is 6.01. The Morgan fingerprint density at radius 3 is 2.61 bits per heavy atom. The van der Waals surface area contributed by atoms with Crippen molar-refractivity contribution in [3.05, 3.63) is 11.6 Å². The van der Waals surface area contributed by atoms with Crippen molar-refractivity contribution in [3.8, 4) is 0 Å². The summed E-state index contributed by atoms with van der Waals surface area (Å²) in [7, 11) is 0. The number of hydrogen-bond acceptors (Lipinski definition) is 7. The number of carbonyl (C=O) groups excluding carboxylic acids is 2. The molecule has 1 heterocycles. The van der Waals surface area contributed by atoms with Crippen molar-refractivity contribution in [2.45, 2.75) is 52.4 Å². The largest absolute Gasteiger partial charge is 0.368 e. The first-order valence-electron chi connectivity index (χ1n) is 9.75. The van der Waals surface area contributed by atoms with E-state index in [1.165, 1.54) is 0 Å². The third-order valence-corrected chi connectivity index (χ3v) is 4.85. The molecule has 1 saturated carbocycles. The summed E-state index contributed by atoms with van der Waals surface area (Å²) in [5, 5.41) is 12.8. The van der Waals surface area contributed by atoms with Crippen LogP contribution in [-0.2, 0) is 16.0 Å². The number of aryl methyl sites for hydroxylation is 1. The van der Waals surface area contributed by atoms with Crippen molar-refractivity contribution in [1.82, 2.24) is 20.5 Å². The summed E-state index contributed by atoms with van der Waals surface area (Å²) >= 11 is 0. The molecule has 0 bridgehead atoms. The van der Waals surface area contributed by atoms with Crippen molar-refractivity contribution >= 4 is 24.0 Å². The van der Waals surface area contributed by atoms with E-state index in [4.69, 9.17) is 0 Å². The van der Waals surface area contributed by atoms with Gasteiger partial charge < -0.3 is 5.32 Å². The quantitative estimate of drug-likeness (QED) is 0.257. The van der Waals surface area contributed by atoms with Gasteiger partial charge in [0.1, 0.15) is 5.82 Å². The molecule has 2 rings (SSSR count). The summed E-state index contributed by atoms with van der Waals surface area (Å²) in [6.07, 6.45) is 5.60. The second-order valence-electron chi connectivity index (χ2n) is 6.96. The highest BCUT2D eigenvalue weighted by Gasteiger charge is 2.27. The number of hydroxylamine groups is 2. The van der Waals surface area contributed by atoms with E-state index in [-0.39, 0.29) is 24.6 Å². The highest BCUT2D eigenvalue weighted by molar-refractivity contribution is 5.80. The maximum atomic E-state index is 14.5. The molecule has 9 nitrogen and oxygen atoms in total. The second kappa shape index (κ2) is 10.7. The van der Waals surface area contributed by atoms with Crippen LogP contribution in [0.1, 0.15) is 51.8 Å². The number of amides is 2. The number of hydrogen-bond donors (Lipinski definition) is 4. The summed E-state index contributed by atoms with van der Waals surface area (Å²) in [6.45, 7) is 4.04. The molecule has 28 heavy (non-hydrogen) atoms. The van der Waals surface area contributed by atoms with Gasteiger partial charge in [-0.2, -0.15) is 4.39 Å². The molecule has 10 heteroatoms. The Kier molecular flexibility index (Phi) is 8.37. The van der Waals surface area contributed by atoms with Gasteiger partial charge in [-0.1, -0.05) is 32.6 Å². The van der Waals surface area contributed by atoms with Crippen LogP contribution in [0.5, 0.6) is 0 Å². The summed E-state index contributed by atoms with van der Waals surface area (Å²) in [4.78, 5) is 31.5. The van der Waals surface area contributed by atoms with Gasteiger partial charge in [0.2, 0.25) is 18.1 Å². The van der Waals surface area contributed by atoms with Crippen molar-refractivity contribution in [1.29, 1.82) is 0 Å². The summed E-state index contributed by atoms with van der Waals surface area (Å²) in [6, 6.07) is 0. The zero-order valence-electron chi connectivity index (χ0n) is 16.4. The first-order chi connectivity index (χ1) is 13.5. The van der Waals surface area contributed by atoms with Crippen LogP contribution < -0.4 is 16.2 Å². The predicted molar refractivity (Wildman–Crippen MR) is 102 cm³/mol. The van der Waals surface area contributed by atoms with Gasteiger partial charge in [-0.05, 0) is 19.3 Å². The highest BCUT2D eigenvalue weighted by atomic mass is 19.1. The molecule has 1 aromatic heterocycles. The molecule has 4 N–H and O–H groups in total. The van der Waals surface area contributed by atoms with E-state index in [0.29, 0.717) is 36.2 Å².